The number of pyridine rings is 1. The molecule has 4 rings (SSSR count). The first kappa shape index (κ1) is 13.8. The van der Waals surface area contributed by atoms with Crippen molar-refractivity contribution in [3.05, 3.63) is 48.0 Å². The Balaban J connectivity index is 1.46. The smallest absolute Gasteiger partial charge is 0.255 e. The van der Waals surface area contributed by atoms with Crippen LogP contribution in [0.2, 0.25) is 0 Å². The number of hydrogen-bond acceptors (Lipinski definition) is 4. The standard InChI is InChI=1S/C16H18N6O/c1-12-17-16(19-18-12)21-8-6-20(7-9-21)15(23)13-10-14-4-2-3-5-22(14)11-13/h2-5,10-11H,6-9H2,1H3,(H,17,18,19). The molecule has 1 aliphatic heterocycles. The van der Waals surface area contributed by atoms with Crippen molar-refractivity contribution in [1.29, 1.82) is 0 Å². The fourth-order valence-electron chi connectivity index (χ4n) is 2.94. The van der Waals surface area contributed by atoms with Gasteiger partial charge < -0.3 is 14.2 Å². The number of hydrogen-bond donors (Lipinski definition) is 1. The summed E-state index contributed by atoms with van der Waals surface area (Å²) < 4.78 is 1.97. The minimum atomic E-state index is 0.0829. The van der Waals surface area contributed by atoms with Crippen LogP contribution in [0, 0.1) is 6.92 Å². The van der Waals surface area contributed by atoms with Gasteiger partial charge in [0, 0.05) is 44.1 Å². The summed E-state index contributed by atoms with van der Waals surface area (Å²) in [5, 5.41) is 7.03. The quantitative estimate of drug-likeness (QED) is 0.775. The largest absolute Gasteiger partial charge is 0.336 e. The Hall–Kier alpha value is -2.83. The third-order valence-corrected chi connectivity index (χ3v) is 4.19. The van der Waals surface area contributed by atoms with Crippen molar-refractivity contribution in [1.82, 2.24) is 24.5 Å². The van der Waals surface area contributed by atoms with Crippen LogP contribution in [-0.4, -0.2) is 56.6 Å². The lowest BCUT2D eigenvalue weighted by molar-refractivity contribution is 0.0746. The summed E-state index contributed by atoms with van der Waals surface area (Å²) in [6.45, 7) is 4.73. The number of anilines is 1. The first-order valence-corrected chi connectivity index (χ1v) is 7.71. The third kappa shape index (κ3) is 2.54. The van der Waals surface area contributed by atoms with Gasteiger partial charge in [0.05, 0.1) is 5.56 Å². The van der Waals surface area contributed by atoms with E-state index in [9.17, 15) is 4.79 Å². The molecule has 7 nitrogen and oxygen atoms in total. The number of aryl methyl sites for hydroxylation is 1. The van der Waals surface area contributed by atoms with Crippen molar-refractivity contribution in [3.63, 3.8) is 0 Å². The van der Waals surface area contributed by atoms with E-state index < -0.39 is 0 Å². The molecule has 0 aliphatic carbocycles. The number of carbonyl (C=O) groups is 1. The first-order chi connectivity index (χ1) is 11.2. The van der Waals surface area contributed by atoms with E-state index in [1.165, 1.54) is 0 Å². The second-order valence-electron chi connectivity index (χ2n) is 5.76. The molecule has 1 fully saturated rings. The maximum atomic E-state index is 12.7. The molecular formula is C16H18N6O. The van der Waals surface area contributed by atoms with Crippen LogP contribution in [0.1, 0.15) is 16.2 Å². The van der Waals surface area contributed by atoms with Gasteiger partial charge in [-0.3, -0.25) is 9.89 Å². The molecule has 0 bridgehead atoms. The lowest BCUT2D eigenvalue weighted by Crippen LogP contribution is -2.49. The highest BCUT2D eigenvalue weighted by Gasteiger charge is 2.24. The van der Waals surface area contributed by atoms with Crippen molar-refractivity contribution in [2.45, 2.75) is 6.92 Å². The lowest BCUT2D eigenvalue weighted by Gasteiger charge is -2.33. The van der Waals surface area contributed by atoms with E-state index in [4.69, 9.17) is 0 Å². The number of fused-ring (bicyclic) bond motifs is 1. The zero-order valence-corrected chi connectivity index (χ0v) is 12.9. The predicted molar refractivity (Wildman–Crippen MR) is 86.6 cm³/mol. The van der Waals surface area contributed by atoms with Crippen LogP contribution >= 0.6 is 0 Å². The van der Waals surface area contributed by atoms with Crippen LogP contribution in [0.15, 0.2) is 36.7 Å². The van der Waals surface area contributed by atoms with Gasteiger partial charge in [-0.05, 0) is 25.1 Å². The Kier molecular flexibility index (Phi) is 3.25. The third-order valence-electron chi connectivity index (χ3n) is 4.19. The highest BCUT2D eigenvalue weighted by atomic mass is 16.2. The summed E-state index contributed by atoms with van der Waals surface area (Å²) >= 11 is 0. The monoisotopic (exact) mass is 310 g/mol. The van der Waals surface area contributed by atoms with E-state index >= 15 is 0 Å². The SMILES string of the molecule is Cc1nc(N2CCN(C(=O)c3cc4ccccn4c3)CC2)n[nH]1. The molecular weight excluding hydrogens is 292 g/mol. The number of H-pyrrole nitrogens is 1. The van der Waals surface area contributed by atoms with Gasteiger partial charge >= 0.3 is 0 Å². The van der Waals surface area contributed by atoms with Crippen molar-refractivity contribution in [3.8, 4) is 0 Å². The van der Waals surface area contributed by atoms with Gasteiger partial charge in [0.2, 0.25) is 5.95 Å². The van der Waals surface area contributed by atoms with Crippen molar-refractivity contribution in [2.24, 2.45) is 0 Å². The van der Waals surface area contributed by atoms with Gasteiger partial charge in [-0.15, -0.1) is 5.10 Å². The van der Waals surface area contributed by atoms with Crippen LogP contribution in [-0.2, 0) is 0 Å². The highest BCUT2D eigenvalue weighted by molar-refractivity contribution is 5.95. The second kappa shape index (κ2) is 5.42. The normalized spacial score (nSPS) is 15.3. The average molecular weight is 310 g/mol. The molecule has 4 heterocycles. The van der Waals surface area contributed by atoms with Gasteiger partial charge in [0.15, 0.2) is 0 Å². The van der Waals surface area contributed by atoms with Crippen LogP contribution in [0.4, 0.5) is 5.95 Å². The minimum absolute atomic E-state index is 0.0829. The first-order valence-electron chi connectivity index (χ1n) is 7.71. The molecule has 3 aromatic heterocycles. The summed E-state index contributed by atoms with van der Waals surface area (Å²) in [6.07, 6.45) is 3.85. The van der Waals surface area contributed by atoms with Crippen LogP contribution in [0.3, 0.4) is 0 Å². The Morgan fingerprint density at radius 2 is 2.04 bits per heavy atom. The number of rotatable bonds is 2. The molecule has 0 atom stereocenters. The number of amides is 1. The molecule has 23 heavy (non-hydrogen) atoms. The van der Waals surface area contributed by atoms with Gasteiger partial charge in [-0.2, -0.15) is 4.98 Å². The van der Waals surface area contributed by atoms with E-state index in [0.29, 0.717) is 19.0 Å². The number of nitrogens with one attached hydrogen (secondary N) is 1. The molecule has 1 aliphatic rings. The van der Waals surface area contributed by atoms with Gasteiger partial charge in [0.1, 0.15) is 5.82 Å². The van der Waals surface area contributed by atoms with E-state index in [0.717, 1.165) is 30.0 Å². The van der Waals surface area contributed by atoms with E-state index in [-0.39, 0.29) is 5.91 Å². The van der Waals surface area contributed by atoms with Crippen molar-refractivity contribution < 1.29 is 4.79 Å². The van der Waals surface area contributed by atoms with E-state index in [1.54, 1.807) is 0 Å². The molecule has 0 radical (unpaired) electrons. The summed E-state index contributed by atoms with van der Waals surface area (Å²) in [6, 6.07) is 7.87. The maximum Gasteiger partial charge on any atom is 0.255 e. The molecule has 0 spiro atoms. The molecule has 0 aromatic carbocycles. The molecule has 0 saturated carbocycles. The molecule has 7 heteroatoms. The maximum absolute atomic E-state index is 12.7. The lowest BCUT2D eigenvalue weighted by atomic mass is 10.2. The predicted octanol–water partition coefficient (Wildman–Crippen LogP) is 1.33. The van der Waals surface area contributed by atoms with Gasteiger partial charge in [-0.1, -0.05) is 6.07 Å². The topological polar surface area (TPSA) is 69.5 Å². The molecule has 1 N–H and O–H groups in total. The van der Waals surface area contributed by atoms with E-state index in [2.05, 4.69) is 20.1 Å². The fourth-order valence-corrected chi connectivity index (χ4v) is 2.94. The zero-order chi connectivity index (χ0) is 15.8. The fraction of sp³-hybridized carbons (Fsp3) is 0.312. The summed E-state index contributed by atoms with van der Waals surface area (Å²) in [7, 11) is 0. The van der Waals surface area contributed by atoms with Crippen LogP contribution in [0.5, 0.6) is 0 Å². The number of carbonyl (C=O) groups excluding carboxylic acids is 1. The number of piperazine rings is 1. The molecule has 0 unspecified atom stereocenters. The van der Waals surface area contributed by atoms with E-state index in [1.807, 2.05) is 52.9 Å². The average Bonchev–Trinajstić information content (AvgIpc) is 3.20. The van der Waals surface area contributed by atoms with Crippen molar-refractivity contribution in [2.75, 3.05) is 31.1 Å². The van der Waals surface area contributed by atoms with Crippen LogP contribution < -0.4 is 4.90 Å². The zero-order valence-electron chi connectivity index (χ0n) is 12.9. The van der Waals surface area contributed by atoms with Crippen molar-refractivity contribution >= 4 is 17.4 Å². The van der Waals surface area contributed by atoms with Gasteiger partial charge in [-0.25, -0.2) is 0 Å². The Morgan fingerprint density at radius 3 is 2.74 bits per heavy atom. The van der Waals surface area contributed by atoms with Gasteiger partial charge in [0.25, 0.3) is 5.91 Å². The summed E-state index contributed by atoms with van der Waals surface area (Å²) in [5.41, 5.74) is 1.77. The summed E-state index contributed by atoms with van der Waals surface area (Å²) in [5.74, 6) is 1.60. The second-order valence-corrected chi connectivity index (χ2v) is 5.76. The Morgan fingerprint density at radius 1 is 1.22 bits per heavy atom. The molecule has 1 saturated heterocycles. The Labute approximate surface area is 133 Å². The number of aromatic nitrogens is 4. The number of nitrogens with zero attached hydrogens (tertiary/aromatic N) is 5. The molecule has 3 aromatic rings. The Bertz CT molecular complexity index is 810. The highest BCUT2D eigenvalue weighted by Crippen LogP contribution is 2.15. The molecule has 118 valence electrons. The summed E-state index contributed by atoms with van der Waals surface area (Å²) in [4.78, 5) is 21.0. The van der Waals surface area contributed by atoms with Crippen LogP contribution in [0.25, 0.3) is 5.52 Å². The number of aromatic amines is 1. The minimum Gasteiger partial charge on any atom is -0.336 e. The molecule has 1 amide bonds.